The van der Waals surface area contributed by atoms with Crippen LogP contribution in [0, 0.1) is 5.92 Å². The van der Waals surface area contributed by atoms with Crippen molar-refractivity contribution in [3.63, 3.8) is 0 Å². The number of hydrogen-bond acceptors (Lipinski definition) is 5. The average molecular weight is 469 g/mol. The normalized spacial score (nSPS) is 15.3. The summed E-state index contributed by atoms with van der Waals surface area (Å²) in [5.74, 6) is 0.334. The van der Waals surface area contributed by atoms with E-state index >= 15 is 0 Å². The summed E-state index contributed by atoms with van der Waals surface area (Å²) in [5, 5.41) is 7.08. The third kappa shape index (κ3) is 6.43. The van der Waals surface area contributed by atoms with Gasteiger partial charge in [-0.15, -0.1) is 0 Å². The van der Waals surface area contributed by atoms with Crippen molar-refractivity contribution >= 4 is 21.6 Å². The lowest BCUT2D eigenvalue weighted by molar-refractivity contribution is -0.120. The molecule has 0 spiro atoms. The van der Waals surface area contributed by atoms with Crippen LogP contribution in [0.3, 0.4) is 0 Å². The Morgan fingerprint density at radius 3 is 2.58 bits per heavy atom. The minimum Gasteiger partial charge on any atom is -0.492 e. The summed E-state index contributed by atoms with van der Waals surface area (Å²) in [5.41, 5.74) is 1.43. The van der Waals surface area contributed by atoms with Crippen molar-refractivity contribution in [2.45, 2.75) is 25.1 Å². The van der Waals surface area contributed by atoms with Crippen molar-refractivity contribution in [1.82, 2.24) is 14.1 Å². The smallest absolute Gasteiger partial charge is 0.227 e. The predicted octanol–water partition coefficient (Wildman–Crippen LogP) is 3.14. The van der Waals surface area contributed by atoms with E-state index in [2.05, 4.69) is 10.4 Å². The van der Waals surface area contributed by atoms with Gasteiger partial charge in [0.1, 0.15) is 12.4 Å². The lowest BCUT2D eigenvalue weighted by Gasteiger charge is -2.30. The molecule has 1 fully saturated rings. The van der Waals surface area contributed by atoms with Crippen molar-refractivity contribution in [3.8, 4) is 5.75 Å². The van der Waals surface area contributed by atoms with Gasteiger partial charge in [-0.05, 0) is 36.6 Å². The van der Waals surface area contributed by atoms with Gasteiger partial charge in [-0.3, -0.25) is 9.48 Å². The highest BCUT2D eigenvalue weighted by atomic mass is 32.2. The summed E-state index contributed by atoms with van der Waals surface area (Å²) in [7, 11) is -3.40. The van der Waals surface area contributed by atoms with Gasteiger partial charge >= 0.3 is 0 Å². The highest BCUT2D eigenvalue weighted by molar-refractivity contribution is 7.88. The Morgan fingerprint density at radius 2 is 1.85 bits per heavy atom. The Balaban J connectivity index is 1.26. The van der Waals surface area contributed by atoms with Crippen LogP contribution in [-0.4, -0.2) is 48.1 Å². The second kappa shape index (κ2) is 10.6. The number of nitrogens with zero attached hydrogens (tertiary/aromatic N) is 3. The zero-order valence-corrected chi connectivity index (χ0v) is 19.2. The topological polar surface area (TPSA) is 93.5 Å². The van der Waals surface area contributed by atoms with Gasteiger partial charge in [-0.1, -0.05) is 36.4 Å². The molecule has 1 amide bonds. The number of carbonyl (C=O) groups excluding carboxylic acids is 1. The van der Waals surface area contributed by atoms with Crippen LogP contribution >= 0.6 is 0 Å². The monoisotopic (exact) mass is 468 g/mol. The van der Waals surface area contributed by atoms with E-state index in [-0.39, 0.29) is 17.6 Å². The minimum atomic E-state index is -3.40. The number of sulfonamides is 1. The Morgan fingerprint density at radius 1 is 1.06 bits per heavy atom. The average Bonchev–Trinajstić information content (AvgIpc) is 3.33. The van der Waals surface area contributed by atoms with Crippen LogP contribution in [0.15, 0.2) is 73.1 Å². The standard InChI is InChI=1S/C24H28N4O4S/c29-24(26-22-8-4-9-23(18-22)32-17-16-27-13-5-12-25-27)21-10-14-28(15-11-21)33(30,31)19-20-6-2-1-3-7-20/h1-9,12-13,18,21H,10-11,14-17,19H2,(H,26,29). The Labute approximate surface area is 194 Å². The number of piperidine rings is 1. The first-order valence-electron chi connectivity index (χ1n) is 11.0. The van der Waals surface area contributed by atoms with Gasteiger partial charge in [-0.25, -0.2) is 12.7 Å². The quantitative estimate of drug-likeness (QED) is 0.521. The molecule has 9 heteroatoms. The zero-order chi connectivity index (χ0) is 23.1. The molecule has 2 heterocycles. The van der Waals surface area contributed by atoms with Gasteiger partial charge in [0.15, 0.2) is 0 Å². The van der Waals surface area contributed by atoms with E-state index in [0.29, 0.717) is 50.5 Å². The maximum Gasteiger partial charge on any atom is 0.227 e. The molecule has 8 nitrogen and oxygen atoms in total. The molecule has 0 radical (unpaired) electrons. The summed E-state index contributed by atoms with van der Waals surface area (Å²) < 4.78 is 34.5. The van der Waals surface area contributed by atoms with E-state index in [1.54, 1.807) is 16.9 Å². The van der Waals surface area contributed by atoms with E-state index in [1.165, 1.54) is 4.31 Å². The van der Waals surface area contributed by atoms with Crippen LogP contribution in [0.5, 0.6) is 5.75 Å². The molecule has 0 aliphatic carbocycles. The lowest BCUT2D eigenvalue weighted by Crippen LogP contribution is -2.41. The minimum absolute atomic E-state index is 0.0160. The van der Waals surface area contributed by atoms with Crippen molar-refractivity contribution in [3.05, 3.63) is 78.6 Å². The van der Waals surface area contributed by atoms with Crippen molar-refractivity contribution in [1.29, 1.82) is 0 Å². The molecule has 0 bridgehead atoms. The number of aromatic nitrogens is 2. The predicted molar refractivity (Wildman–Crippen MR) is 126 cm³/mol. The molecule has 1 saturated heterocycles. The first-order chi connectivity index (χ1) is 16.0. The number of anilines is 1. The highest BCUT2D eigenvalue weighted by Crippen LogP contribution is 2.24. The molecule has 1 aliphatic rings. The van der Waals surface area contributed by atoms with Crippen molar-refractivity contribution in [2.24, 2.45) is 5.92 Å². The molecule has 1 aliphatic heterocycles. The number of nitrogens with one attached hydrogen (secondary N) is 1. The number of amides is 1. The fraction of sp³-hybridized carbons (Fsp3) is 0.333. The van der Waals surface area contributed by atoms with E-state index in [4.69, 9.17) is 4.74 Å². The second-order valence-corrected chi connectivity index (χ2v) is 10.0. The highest BCUT2D eigenvalue weighted by Gasteiger charge is 2.31. The van der Waals surface area contributed by atoms with Crippen molar-refractivity contribution in [2.75, 3.05) is 25.0 Å². The summed E-state index contributed by atoms with van der Waals surface area (Å²) in [4.78, 5) is 12.8. The number of rotatable bonds is 9. The van der Waals surface area contributed by atoms with Crippen LogP contribution in [0.25, 0.3) is 0 Å². The largest absolute Gasteiger partial charge is 0.492 e. The summed E-state index contributed by atoms with van der Waals surface area (Å²) >= 11 is 0. The van der Waals surface area contributed by atoms with Gasteiger partial charge in [0.05, 0.1) is 12.3 Å². The molecular formula is C24H28N4O4S. The Bertz CT molecular complexity index is 1140. The van der Waals surface area contributed by atoms with E-state index in [9.17, 15) is 13.2 Å². The van der Waals surface area contributed by atoms with Crippen LogP contribution in [0.1, 0.15) is 18.4 Å². The van der Waals surface area contributed by atoms with Gasteiger partial charge in [-0.2, -0.15) is 5.10 Å². The van der Waals surface area contributed by atoms with Gasteiger partial charge in [0.25, 0.3) is 0 Å². The molecule has 1 aromatic heterocycles. The molecule has 0 unspecified atom stereocenters. The lowest BCUT2D eigenvalue weighted by atomic mass is 9.97. The number of benzene rings is 2. The van der Waals surface area contributed by atoms with E-state index < -0.39 is 10.0 Å². The molecule has 33 heavy (non-hydrogen) atoms. The van der Waals surface area contributed by atoms with Gasteiger partial charge in [0.2, 0.25) is 15.9 Å². The third-order valence-electron chi connectivity index (χ3n) is 5.66. The molecular weight excluding hydrogens is 440 g/mol. The maximum atomic E-state index is 12.8. The molecule has 0 atom stereocenters. The van der Waals surface area contributed by atoms with Crippen LogP contribution in [-0.2, 0) is 27.1 Å². The maximum absolute atomic E-state index is 12.8. The Hall–Kier alpha value is -3.17. The van der Waals surface area contributed by atoms with Crippen molar-refractivity contribution < 1.29 is 17.9 Å². The SMILES string of the molecule is O=C(Nc1cccc(OCCn2cccn2)c1)C1CCN(S(=O)(=O)Cc2ccccc2)CC1. The molecule has 0 saturated carbocycles. The van der Waals surface area contributed by atoms with E-state index in [1.807, 2.05) is 60.8 Å². The Kier molecular flexibility index (Phi) is 7.41. The summed E-state index contributed by atoms with van der Waals surface area (Å²) in [6.45, 7) is 1.80. The van der Waals surface area contributed by atoms with E-state index in [0.717, 1.165) is 5.56 Å². The van der Waals surface area contributed by atoms with Gasteiger partial charge in [0, 0.05) is 43.2 Å². The third-order valence-corrected chi connectivity index (χ3v) is 7.51. The molecule has 3 aromatic rings. The second-order valence-electron chi connectivity index (χ2n) is 8.05. The first-order valence-corrected chi connectivity index (χ1v) is 12.6. The number of ether oxygens (including phenoxy) is 1. The molecule has 1 N–H and O–H groups in total. The molecule has 4 rings (SSSR count). The summed E-state index contributed by atoms with van der Waals surface area (Å²) in [6.07, 6.45) is 4.59. The molecule has 174 valence electrons. The summed E-state index contributed by atoms with van der Waals surface area (Å²) in [6, 6.07) is 18.3. The first kappa shape index (κ1) is 23.0. The molecule has 2 aromatic carbocycles. The fourth-order valence-electron chi connectivity index (χ4n) is 3.87. The van der Waals surface area contributed by atoms with Crippen LogP contribution in [0.2, 0.25) is 0 Å². The number of carbonyl (C=O) groups is 1. The number of hydrogen-bond donors (Lipinski definition) is 1. The van der Waals surface area contributed by atoms with Gasteiger partial charge < -0.3 is 10.1 Å². The zero-order valence-electron chi connectivity index (χ0n) is 18.3. The van der Waals surface area contributed by atoms with Crippen LogP contribution in [0.4, 0.5) is 5.69 Å². The fourth-order valence-corrected chi connectivity index (χ4v) is 5.43. The van der Waals surface area contributed by atoms with Crippen LogP contribution < -0.4 is 10.1 Å².